The number of ether oxygens (including phenoxy) is 1. The molecule has 0 spiro atoms. The van der Waals surface area contributed by atoms with Gasteiger partial charge in [-0.15, -0.1) is 0 Å². The first-order valence-electron chi connectivity index (χ1n) is 9.39. The minimum absolute atomic E-state index is 0.0879. The van der Waals surface area contributed by atoms with Crippen molar-refractivity contribution in [3.8, 4) is 0 Å². The molecule has 7 nitrogen and oxygen atoms in total. The number of nitrogens with one attached hydrogen (secondary N) is 1. The minimum Gasteiger partial charge on any atom is -0.452 e. The topological polar surface area (TPSA) is 92.8 Å². The summed E-state index contributed by atoms with van der Waals surface area (Å²) < 4.78 is 45.1. The average molecular weight is 414 g/mol. The highest BCUT2D eigenvalue weighted by molar-refractivity contribution is 7.89. The Morgan fingerprint density at radius 1 is 1.25 bits per heavy atom. The lowest BCUT2D eigenvalue weighted by Crippen LogP contribution is -2.51. The fraction of sp³-hybridized carbons (Fsp3) is 0.579. The first kappa shape index (κ1) is 22.3. The van der Waals surface area contributed by atoms with Gasteiger partial charge in [0.05, 0.1) is 6.42 Å². The maximum atomic E-state index is 13.6. The quantitative estimate of drug-likeness (QED) is 0.691. The van der Waals surface area contributed by atoms with Crippen molar-refractivity contribution in [2.45, 2.75) is 69.5 Å². The highest BCUT2D eigenvalue weighted by Crippen LogP contribution is 2.23. The number of rotatable bonds is 7. The molecule has 1 saturated heterocycles. The molecule has 2 rings (SSSR count). The van der Waals surface area contributed by atoms with Gasteiger partial charge in [0.25, 0.3) is 5.91 Å². The van der Waals surface area contributed by atoms with Crippen LogP contribution in [0.2, 0.25) is 0 Å². The number of benzene rings is 1. The summed E-state index contributed by atoms with van der Waals surface area (Å²) in [6, 6.07) is 5.14. The molecule has 156 valence electrons. The molecule has 0 aromatic heterocycles. The van der Waals surface area contributed by atoms with E-state index in [1.54, 1.807) is 4.90 Å². The average Bonchev–Trinajstić information content (AvgIpc) is 2.61. The molecule has 28 heavy (non-hydrogen) atoms. The van der Waals surface area contributed by atoms with E-state index in [0.29, 0.717) is 0 Å². The first-order chi connectivity index (χ1) is 13.1. The lowest BCUT2D eigenvalue weighted by atomic mass is 9.97. The van der Waals surface area contributed by atoms with Crippen LogP contribution in [-0.2, 0) is 24.3 Å². The summed E-state index contributed by atoms with van der Waals surface area (Å²) in [6.45, 7) is 5.20. The molecular weight excluding hydrogens is 387 g/mol. The molecule has 1 fully saturated rings. The van der Waals surface area contributed by atoms with Crippen molar-refractivity contribution < 1.29 is 27.1 Å². The van der Waals surface area contributed by atoms with Crippen molar-refractivity contribution in [2.24, 2.45) is 0 Å². The van der Waals surface area contributed by atoms with Gasteiger partial charge in [-0.1, -0.05) is 12.1 Å². The molecule has 0 bridgehead atoms. The fourth-order valence-corrected chi connectivity index (χ4v) is 4.51. The maximum absolute atomic E-state index is 13.6. The summed E-state index contributed by atoms with van der Waals surface area (Å²) >= 11 is 0. The van der Waals surface area contributed by atoms with Crippen LogP contribution >= 0.6 is 0 Å². The number of hydrogen-bond donors (Lipinski definition) is 1. The summed E-state index contributed by atoms with van der Waals surface area (Å²) in [7, 11) is -4.07. The van der Waals surface area contributed by atoms with Gasteiger partial charge >= 0.3 is 5.97 Å². The van der Waals surface area contributed by atoms with Crippen molar-refractivity contribution in [1.29, 1.82) is 0 Å². The standard InChI is InChI=1S/C19H27FN2O5S/c1-13-7-6-8-14(2)22(13)19(24)15(3)27-18(23)11-12-21-28(25,26)17-10-5-4-9-16(17)20/h4-5,9-10,13-15,21H,6-8,11-12H2,1-3H3/t13-,14-,15+/m0/s1. The van der Waals surface area contributed by atoms with E-state index in [0.717, 1.165) is 31.4 Å². The Balaban J connectivity index is 1.85. The molecule has 1 heterocycles. The minimum atomic E-state index is -4.07. The number of likely N-dealkylation sites (tertiary alicyclic amines) is 1. The van der Waals surface area contributed by atoms with Crippen molar-refractivity contribution in [2.75, 3.05) is 6.54 Å². The van der Waals surface area contributed by atoms with Crippen molar-refractivity contribution in [1.82, 2.24) is 9.62 Å². The number of amides is 1. The van der Waals surface area contributed by atoms with Crippen LogP contribution in [0.15, 0.2) is 29.2 Å². The number of carbonyl (C=O) groups excluding carboxylic acids is 2. The Bertz CT molecular complexity index is 804. The van der Waals surface area contributed by atoms with Gasteiger partial charge in [0.15, 0.2) is 6.10 Å². The summed E-state index contributed by atoms with van der Waals surface area (Å²) in [6.07, 6.45) is 1.67. The lowest BCUT2D eigenvalue weighted by molar-refractivity contribution is -0.162. The SMILES string of the molecule is C[C@@H](OC(=O)CCNS(=O)(=O)c1ccccc1F)C(=O)N1[C@@H](C)CCC[C@@H]1C. The van der Waals surface area contributed by atoms with Gasteiger partial charge in [0.2, 0.25) is 10.0 Å². The van der Waals surface area contributed by atoms with Crippen LogP contribution in [-0.4, -0.2) is 49.9 Å². The van der Waals surface area contributed by atoms with Crippen molar-refractivity contribution in [3.05, 3.63) is 30.1 Å². The Morgan fingerprint density at radius 2 is 1.86 bits per heavy atom. The molecule has 1 amide bonds. The summed E-state index contributed by atoms with van der Waals surface area (Å²) in [5, 5.41) is 0. The van der Waals surface area contributed by atoms with Crippen LogP contribution in [0, 0.1) is 5.82 Å². The molecule has 0 aliphatic carbocycles. The van der Waals surface area contributed by atoms with E-state index in [2.05, 4.69) is 4.72 Å². The zero-order valence-corrected chi connectivity index (χ0v) is 17.2. The predicted octanol–water partition coefficient (Wildman–Crippen LogP) is 2.22. The molecule has 0 radical (unpaired) electrons. The molecule has 1 aromatic carbocycles. The highest BCUT2D eigenvalue weighted by Gasteiger charge is 2.33. The van der Waals surface area contributed by atoms with Gasteiger partial charge in [-0.2, -0.15) is 0 Å². The molecule has 1 aromatic rings. The number of hydrogen-bond acceptors (Lipinski definition) is 5. The van der Waals surface area contributed by atoms with Gasteiger partial charge in [0.1, 0.15) is 10.7 Å². The van der Waals surface area contributed by atoms with Crippen LogP contribution in [0.5, 0.6) is 0 Å². The van der Waals surface area contributed by atoms with Crippen LogP contribution < -0.4 is 4.72 Å². The lowest BCUT2D eigenvalue weighted by Gasteiger charge is -2.40. The monoisotopic (exact) mass is 414 g/mol. The van der Waals surface area contributed by atoms with Crippen LogP contribution in [0.4, 0.5) is 4.39 Å². The number of sulfonamides is 1. The van der Waals surface area contributed by atoms with E-state index in [-0.39, 0.29) is 31.0 Å². The molecule has 1 aliphatic heterocycles. The number of esters is 1. The Labute approximate surface area is 165 Å². The molecule has 0 saturated carbocycles. The zero-order valence-electron chi connectivity index (χ0n) is 16.4. The van der Waals surface area contributed by atoms with Gasteiger partial charge in [-0.3, -0.25) is 9.59 Å². The van der Waals surface area contributed by atoms with E-state index in [1.807, 2.05) is 13.8 Å². The van der Waals surface area contributed by atoms with E-state index in [4.69, 9.17) is 4.74 Å². The third-order valence-electron chi connectivity index (χ3n) is 4.85. The summed E-state index contributed by atoms with van der Waals surface area (Å²) in [4.78, 5) is 25.9. The second-order valence-electron chi connectivity index (χ2n) is 7.08. The number of halogens is 1. The maximum Gasteiger partial charge on any atom is 0.307 e. The molecule has 9 heteroatoms. The van der Waals surface area contributed by atoms with E-state index in [1.165, 1.54) is 19.1 Å². The van der Waals surface area contributed by atoms with Gasteiger partial charge in [-0.25, -0.2) is 17.5 Å². The summed E-state index contributed by atoms with van der Waals surface area (Å²) in [5.74, 6) is -1.82. The van der Waals surface area contributed by atoms with E-state index < -0.39 is 32.8 Å². The molecule has 1 aliphatic rings. The smallest absolute Gasteiger partial charge is 0.307 e. The van der Waals surface area contributed by atoms with E-state index >= 15 is 0 Å². The first-order valence-corrected chi connectivity index (χ1v) is 10.9. The largest absolute Gasteiger partial charge is 0.452 e. The normalized spacial score (nSPS) is 21.2. The van der Waals surface area contributed by atoms with Crippen LogP contribution in [0.3, 0.4) is 0 Å². The highest BCUT2D eigenvalue weighted by atomic mass is 32.2. The Kier molecular flexibility index (Phi) is 7.54. The Morgan fingerprint density at radius 3 is 2.46 bits per heavy atom. The van der Waals surface area contributed by atoms with Crippen molar-refractivity contribution >= 4 is 21.9 Å². The van der Waals surface area contributed by atoms with Gasteiger partial charge < -0.3 is 9.64 Å². The van der Waals surface area contributed by atoms with Crippen LogP contribution in [0.1, 0.15) is 46.5 Å². The molecule has 1 N–H and O–H groups in total. The fourth-order valence-electron chi connectivity index (χ4n) is 3.40. The number of piperidine rings is 1. The van der Waals surface area contributed by atoms with Gasteiger partial charge in [-0.05, 0) is 52.2 Å². The van der Waals surface area contributed by atoms with Crippen molar-refractivity contribution in [3.63, 3.8) is 0 Å². The van der Waals surface area contributed by atoms with Gasteiger partial charge in [0, 0.05) is 18.6 Å². The predicted molar refractivity (Wildman–Crippen MR) is 101 cm³/mol. The summed E-state index contributed by atoms with van der Waals surface area (Å²) in [5.41, 5.74) is 0. The number of nitrogens with zero attached hydrogens (tertiary/aromatic N) is 1. The third kappa shape index (κ3) is 5.51. The third-order valence-corrected chi connectivity index (χ3v) is 6.35. The van der Waals surface area contributed by atoms with Crippen LogP contribution in [0.25, 0.3) is 0 Å². The Hall–Kier alpha value is -2.00. The second kappa shape index (κ2) is 9.47. The zero-order chi connectivity index (χ0) is 20.9. The molecule has 0 unspecified atom stereocenters. The molecule has 3 atom stereocenters. The van der Waals surface area contributed by atoms with E-state index in [9.17, 15) is 22.4 Å². The second-order valence-corrected chi connectivity index (χ2v) is 8.82. The number of carbonyl (C=O) groups is 2. The molecular formula is C19H27FN2O5S.